The topological polar surface area (TPSA) is 77.6 Å². The Hall–Kier alpha value is -3.39. The van der Waals surface area contributed by atoms with Gasteiger partial charge in [0.05, 0.1) is 18.0 Å². The second-order valence-electron chi connectivity index (χ2n) is 7.52. The monoisotopic (exact) mass is 446 g/mol. The Morgan fingerprint density at radius 1 is 1.03 bits per heavy atom. The van der Waals surface area contributed by atoms with Gasteiger partial charge in [-0.3, -0.25) is 4.79 Å². The van der Waals surface area contributed by atoms with Gasteiger partial charge < -0.3 is 9.88 Å². The lowest BCUT2D eigenvalue weighted by Gasteiger charge is -2.10. The zero-order valence-electron chi connectivity index (χ0n) is 18.4. The third kappa shape index (κ3) is 4.91. The highest BCUT2D eigenvalue weighted by Crippen LogP contribution is 2.26. The maximum atomic E-state index is 12.7. The van der Waals surface area contributed by atoms with E-state index in [2.05, 4.69) is 40.5 Å². The van der Waals surface area contributed by atoms with Crippen LogP contribution >= 0.6 is 11.8 Å². The van der Waals surface area contributed by atoms with Gasteiger partial charge >= 0.3 is 0 Å². The van der Waals surface area contributed by atoms with Crippen molar-refractivity contribution in [2.24, 2.45) is 0 Å². The van der Waals surface area contributed by atoms with Gasteiger partial charge in [-0.1, -0.05) is 66.4 Å². The lowest BCUT2D eigenvalue weighted by atomic mass is 10.1. The minimum atomic E-state index is -0.104. The first kappa shape index (κ1) is 21.8. The molecule has 0 aliphatic rings. The van der Waals surface area contributed by atoms with Crippen LogP contribution in [0.5, 0.6) is 0 Å². The molecule has 0 spiro atoms. The minimum Gasteiger partial charge on any atom is -0.310 e. The zero-order chi connectivity index (χ0) is 22.5. The van der Waals surface area contributed by atoms with E-state index in [0.717, 1.165) is 39.9 Å². The van der Waals surface area contributed by atoms with Crippen molar-refractivity contribution in [2.45, 2.75) is 39.0 Å². The Morgan fingerprint density at radius 2 is 1.78 bits per heavy atom. The van der Waals surface area contributed by atoms with Crippen LogP contribution in [0.3, 0.4) is 0 Å². The van der Waals surface area contributed by atoms with Crippen molar-refractivity contribution < 1.29 is 4.79 Å². The first-order valence-corrected chi connectivity index (χ1v) is 11.5. The van der Waals surface area contributed by atoms with Crippen LogP contribution in [0.2, 0.25) is 0 Å². The summed E-state index contributed by atoms with van der Waals surface area (Å²) >= 11 is 1.38. The van der Waals surface area contributed by atoms with Gasteiger partial charge in [-0.15, -0.1) is 10.2 Å². The quantitative estimate of drug-likeness (QED) is 0.402. The van der Waals surface area contributed by atoms with Crippen LogP contribution in [0.25, 0.3) is 11.4 Å². The third-order valence-electron chi connectivity index (χ3n) is 5.10. The summed E-state index contributed by atoms with van der Waals surface area (Å²) in [6.07, 6.45) is 0. The Morgan fingerprint density at radius 3 is 2.53 bits per heavy atom. The number of carbonyl (C=O) groups excluding carboxylic acids is 1. The highest BCUT2D eigenvalue weighted by molar-refractivity contribution is 7.99. The fourth-order valence-electron chi connectivity index (χ4n) is 3.54. The molecule has 7 nitrogen and oxygen atoms in total. The summed E-state index contributed by atoms with van der Waals surface area (Å²) < 4.78 is 3.86. The number of anilines is 1. The number of hydrogen-bond acceptors (Lipinski definition) is 5. The van der Waals surface area contributed by atoms with E-state index in [1.807, 2.05) is 70.8 Å². The molecule has 0 saturated carbocycles. The number of rotatable bonds is 8. The van der Waals surface area contributed by atoms with Crippen LogP contribution in [0.4, 0.5) is 5.82 Å². The molecule has 0 atom stereocenters. The first-order chi connectivity index (χ1) is 15.5. The third-order valence-corrected chi connectivity index (χ3v) is 6.06. The molecule has 2 aromatic carbocycles. The predicted molar refractivity (Wildman–Crippen MR) is 128 cm³/mol. The number of aromatic nitrogens is 5. The minimum absolute atomic E-state index is 0.104. The molecule has 0 fully saturated rings. The van der Waals surface area contributed by atoms with E-state index < -0.39 is 0 Å². The Kier molecular flexibility index (Phi) is 6.70. The lowest BCUT2D eigenvalue weighted by Crippen LogP contribution is -2.18. The molecule has 1 amide bonds. The number of benzene rings is 2. The SMILES string of the molecule is CCn1c(SCC(=O)Nc2cc(C)nn2Cc2ccccc2)nnc1-c1ccccc1C. The number of hydrogen-bond donors (Lipinski definition) is 1. The lowest BCUT2D eigenvalue weighted by molar-refractivity contribution is -0.113. The molecule has 32 heavy (non-hydrogen) atoms. The van der Waals surface area contributed by atoms with Crippen LogP contribution in [-0.2, 0) is 17.9 Å². The van der Waals surface area contributed by atoms with Crippen LogP contribution in [0, 0.1) is 13.8 Å². The average molecular weight is 447 g/mol. The molecule has 0 saturated heterocycles. The molecular weight excluding hydrogens is 420 g/mol. The van der Waals surface area contributed by atoms with Crippen LogP contribution in [0.15, 0.2) is 65.8 Å². The number of amides is 1. The molecule has 0 aliphatic carbocycles. The summed E-state index contributed by atoms with van der Waals surface area (Å²) in [5.41, 5.74) is 4.18. The van der Waals surface area contributed by atoms with Gasteiger partial charge in [-0.05, 0) is 31.9 Å². The molecule has 8 heteroatoms. The second-order valence-corrected chi connectivity index (χ2v) is 8.46. The van der Waals surface area contributed by atoms with E-state index in [0.29, 0.717) is 12.4 Å². The van der Waals surface area contributed by atoms with E-state index in [1.165, 1.54) is 11.8 Å². The van der Waals surface area contributed by atoms with E-state index in [-0.39, 0.29) is 11.7 Å². The van der Waals surface area contributed by atoms with Crippen molar-refractivity contribution in [2.75, 3.05) is 11.1 Å². The summed E-state index contributed by atoms with van der Waals surface area (Å²) in [4.78, 5) is 12.7. The highest BCUT2D eigenvalue weighted by atomic mass is 32.2. The van der Waals surface area contributed by atoms with Crippen LogP contribution < -0.4 is 5.32 Å². The average Bonchev–Trinajstić information content (AvgIpc) is 3.35. The maximum Gasteiger partial charge on any atom is 0.235 e. The molecule has 4 rings (SSSR count). The normalized spacial score (nSPS) is 11.0. The molecule has 2 aromatic heterocycles. The molecule has 2 heterocycles. The van der Waals surface area contributed by atoms with Gasteiger partial charge in [0, 0.05) is 18.2 Å². The molecule has 0 aliphatic heterocycles. The van der Waals surface area contributed by atoms with Gasteiger partial charge in [-0.2, -0.15) is 5.10 Å². The summed E-state index contributed by atoms with van der Waals surface area (Å²) in [5, 5.41) is 17.0. The first-order valence-electron chi connectivity index (χ1n) is 10.6. The number of carbonyl (C=O) groups is 1. The number of aryl methyl sites for hydroxylation is 2. The Labute approximate surface area is 191 Å². The van der Waals surface area contributed by atoms with Crippen molar-refractivity contribution in [3.63, 3.8) is 0 Å². The summed E-state index contributed by atoms with van der Waals surface area (Å²) in [5.74, 6) is 1.65. The Bertz CT molecular complexity index is 1210. The standard InChI is InChI=1S/C24H26N6OS/c1-4-29-23(20-13-9-8-10-17(20)2)26-27-24(29)32-16-22(31)25-21-14-18(3)28-30(21)15-19-11-6-5-7-12-19/h5-14H,4,15-16H2,1-3H3,(H,25,31). The van der Waals surface area contributed by atoms with E-state index in [1.54, 1.807) is 0 Å². The fraction of sp³-hybridized carbons (Fsp3) is 0.250. The molecule has 1 N–H and O–H groups in total. The van der Waals surface area contributed by atoms with Gasteiger partial charge in [0.15, 0.2) is 11.0 Å². The van der Waals surface area contributed by atoms with Crippen molar-refractivity contribution in [3.05, 3.63) is 77.5 Å². The second kappa shape index (κ2) is 9.82. The van der Waals surface area contributed by atoms with E-state index in [9.17, 15) is 4.79 Å². The number of thioether (sulfide) groups is 1. The Balaban J connectivity index is 1.44. The fourth-order valence-corrected chi connectivity index (χ4v) is 4.34. The molecule has 0 bridgehead atoms. The van der Waals surface area contributed by atoms with Gasteiger partial charge in [0.1, 0.15) is 5.82 Å². The summed E-state index contributed by atoms with van der Waals surface area (Å²) in [7, 11) is 0. The van der Waals surface area contributed by atoms with Gasteiger partial charge in [0.2, 0.25) is 5.91 Å². The van der Waals surface area contributed by atoms with Crippen LogP contribution in [-0.4, -0.2) is 36.2 Å². The van der Waals surface area contributed by atoms with Crippen molar-refractivity contribution in [3.8, 4) is 11.4 Å². The van der Waals surface area contributed by atoms with Crippen molar-refractivity contribution >= 4 is 23.5 Å². The smallest absolute Gasteiger partial charge is 0.235 e. The van der Waals surface area contributed by atoms with Gasteiger partial charge in [-0.25, -0.2) is 4.68 Å². The van der Waals surface area contributed by atoms with Crippen LogP contribution in [0.1, 0.15) is 23.7 Å². The maximum absolute atomic E-state index is 12.7. The van der Waals surface area contributed by atoms with Gasteiger partial charge in [0.25, 0.3) is 0 Å². The zero-order valence-corrected chi connectivity index (χ0v) is 19.3. The number of nitrogens with one attached hydrogen (secondary N) is 1. The number of nitrogens with zero attached hydrogens (tertiary/aromatic N) is 5. The molecule has 164 valence electrons. The summed E-state index contributed by atoms with van der Waals surface area (Å²) in [6.45, 7) is 7.36. The van der Waals surface area contributed by atoms with Crippen molar-refractivity contribution in [1.29, 1.82) is 0 Å². The molecule has 4 aromatic rings. The van der Waals surface area contributed by atoms with E-state index >= 15 is 0 Å². The molecule has 0 unspecified atom stereocenters. The predicted octanol–water partition coefficient (Wildman–Crippen LogP) is 4.56. The highest BCUT2D eigenvalue weighted by Gasteiger charge is 2.16. The van der Waals surface area contributed by atoms with Crippen molar-refractivity contribution in [1.82, 2.24) is 24.5 Å². The van der Waals surface area contributed by atoms with E-state index in [4.69, 9.17) is 0 Å². The molecule has 0 radical (unpaired) electrons. The summed E-state index contributed by atoms with van der Waals surface area (Å²) in [6, 6.07) is 20.1. The molecular formula is C24H26N6OS. The largest absolute Gasteiger partial charge is 0.310 e.